The number of nitrogens with zero attached hydrogens (tertiary/aromatic N) is 4. The first-order valence-electron chi connectivity index (χ1n) is 7.50. The fraction of sp³-hybridized carbons (Fsp3) is 0.235. The monoisotopic (exact) mass is 325 g/mol. The van der Waals surface area contributed by atoms with Crippen LogP contribution in [-0.2, 0) is 4.79 Å². The Morgan fingerprint density at radius 2 is 2.17 bits per heavy atom. The van der Waals surface area contributed by atoms with E-state index in [0.29, 0.717) is 11.6 Å². The molecule has 0 bridgehead atoms. The van der Waals surface area contributed by atoms with Crippen LogP contribution in [-0.4, -0.2) is 49.4 Å². The predicted molar refractivity (Wildman–Crippen MR) is 92.6 cm³/mol. The molecule has 1 aromatic carbocycles. The molecule has 0 spiro atoms. The molecule has 1 amide bonds. The molecule has 3 rings (SSSR count). The van der Waals surface area contributed by atoms with Crippen molar-refractivity contribution in [2.45, 2.75) is 0 Å². The fourth-order valence-electron chi connectivity index (χ4n) is 2.60. The van der Waals surface area contributed by atoms with E-state index in [0.717, 1.165) is 16.9 Å². The molecule has 24 heavy (non-hydrogen) atoms. The van der Waals surface area contributed by atoms with Gasteiger partial charge in [0.25, 0.3) is 5.91 Å². The summed E-state index contributed by atoms with van der Waals surface area (Å²) in [7, 11) is 5.42. The molecule has 0 unspecified atom stereocenters. The molecule has 0 saturated carbocycles. The highest BCUT2D eigenvalue weighted by Gasteiger charge is 2.20. The molecule has 1 aliphatic rings. The van der Waals surface area contributed by atoms with Gasteiger partial charge in [0, 0.05) is 25.9 Å². The molecular formula is C17H19N5O2. The van der Waals surface area contributed by atoms with E-state index < -0.39 is 0 Å². The SMILES string of the molecule is COc1cc(C2=NNC(=O)CN2C)ccc1N(C)c1cccnc1. The number of amides is 1. The van der Waals surface area contributed by atoms with Crippen LogP contribution in [0.2, 0.25) is 0 Å². The molecule has 1 N–H and O–H groups in total. The topological polar surface area (TPSA) is 70.1 Å². The number of hydrazone groups is 1. The molecule has 0 atom stereocenters. The van der Waals surface area contributed by atoms with Crippen LogP contribution in [0.3, 0.4) is 0 Å². The summed E-state index contributed by atoms with van der Waals surface area (Å²) in [6, 6.07) is 9.70. The third kappa shape index (κ3) is 3.01. The van der Waals surface area contributed by atoms with E-state index >= 15 is 0 Å². The van der Waals surface area contributed by atoms with Crippen molar-refractivity contribution in [3.05, 3.63) is 48.3 Å². The van der Waals surface area contributed by atoms with Gasteiger partial charge < -0.3 is 14.5 Å². The number of nitrogens with one attached hydrogen (secondary N) is 1. The normalized spacial score (nSPS) is 14.0. The first kappa shape index (κ1) is 15.8. The lowest BCUT2D eigenvalue weighted by Crippen LogP contribution is -2.43. The van der Waals surface area contributed by atoms with E-state index in [9.17, 15) is 4.79 Å². The van der Waals surface area contributed by atoms with Gasteiger partial charge in [0.2, 0.25) is 0 Å². The number of aromatic nitrogens is 1. The second kappa shape index (κ2) is 6.57. The summed E-state index contributed by atoms with van der Waals surface area (Å²) in [4.78, 5) is 19.3. The average molecular weight is 325 g/mol. The van der Waals surface area contributed by atoms with Crippen LogP contribution in [0, 0.1) is 0 Å². The summed E-state index contributed by atoms with van der Waals surface area (Å²) in [5, 5.41) is 4.13. The molecular weight excluding hydrogens is 306 g/mol. The van der Waals surface area contributed by atoms with Crippen LogP contribution in [0.1, 0.15) is 5.56 Å². The van der Waals surface area contributed by atoms with Crippen molar-refractivity contribution in [1.82, 2.24) is 15.3 Å². The summed E-state index contributed by atoms with van der Waals surface area (Å²) in [5.74, 6) is 1.29. The summed E-state index contributed by atoms with van der Waals surface area (Å²) >= 11 is 0. The smallest absolute Gasteiger partial charge is 0.259 e. The standard InChI is InChI=1S/C17H19N5O2/c1-21-11-16(23)19-20-17(21)12-6-7-14(15(9-12)24-3)22(2)13-5-4-8-18-10-13/h4-10H,11H2,1-3H3,(H,19,23). The highest BCUT2D eigenvalue weighted by Crippen LogP contribution is 2.33. The Morgan fingerprint density at radius 3 is 2.83 bits per heavy atom. The average Bonchev–Trinajstić information content (AvgIpc) is 2.61. The maximum Gasteiger partial charge on any atom is 0.259 e. The molecule has 1 aromatic heterocycles. The zero-order valence-electron chi connectivity index (χ0n) is 13.9. The number of carbonyl (C=O) groups is 1. The van der Waals surface area contributed by atoms with E-state index in [4.69, 9.17) is 4.74 Å². The van der Waals surface area contributed by atoms with Gasteiger partial charge in [-0.25, -0.2) is 5.43 Å². The van der Waals surface area contributed by atoms with E-state index in [1.54, 1.807) is 24.4 Å². The first-order valence-corrected chi connectivity index (χ1v) is 7.50. The summed E-state index contributed by atoms with van der Waals surface area (Å²) in [6.07, 6.45) is 3.53. The minimum Gasteiger partial charge on any atom is -0.495 e. The number of likely N-dealkylation sites (N-methyl/N-ethyl adjacent to an activating group) is 1. The number of benzene rings is 1. The maximum atomic E-state index is 11.4. The number of rotatable bonds is 4. The van der Waals surface area contributed by atoms with Crippen LogP contribution in [0.5, 0.6) is 5.75 Å². The molecule has 1 aliphatic heterocycles. The van der Waals surface area contributed by atoms with Crippen LogP contribution >= 0.6 is 0 Å². The van der Waals surface area contributed by atoms with Crippen LogP contribution < -0.4 is 15.1 Å². The molecule has 124 valence electrons. The Labute approximate surface area is 140 Å². The zero-order valence-corrected chi connectivity index (χ0v) is 13.9. The zero-order chi connectivity index (χ0) is 17.1. The lowest BCUT2D eigenvalue weighted by Gasteiger charge is -2.26. The van der Waals surface area contributed by atoms with Crippen molar-refractivity contribution in [2.75, 3.05) is 32.6 Å². The number of hydrogen-bond donors (Lipinski definition) is 1. The van der Waals surface area contributed by atoms with Crippen molar-refractivity contribution in [3.63, 3.8) is 0 Å². The van der Waals surface area contributed by atoms with Crippen molar-refractivity contribution < 1.29 is 9.53 Å². The Morgan fingerprint density at radius 1 is 1.33 bits per heavy atom. The van der Waals surface area contributed by atoms with Crippen molar-refractivity contribution in [2.24, 2.45) is 5.10 Å². The molecule has 0 radical (unpaired) electrons. The number of pyridine rings is 1. The van der Waals surface area contributed by atoms with Crippen molar-refractivity contribution in [3.8, 4) is 5.75 Å². The maximum absolute atomic E-state index is 11.4. The summed E-state index contributed by atoms with van der Waals surface area (Å²) < 4.78 is 5.55. The van der Waals surface area contributed by atoms with Gasteiger partial charge in [-0.3, -0.25) is 9.78 Å². The van der Waals surface area contributed by atoms with Gasteiger partial charge >= 0.3 is 0 Å². The fourth-order valence-corrected chi connectivity index (χ4v) is 2.60. The number of hydrogen-bond acceptors (Lipinski definition) is 6. The number of anilines is 2. The molecule has 7 heteroatoms. The van der Waals surface area contributed by atoms with Gasteiger partial charge in [-0.1, -0.05) is 0 Å². The summed E-state index contributed by atoms with van der Waals surface area (Å²) in [5.41, 5.74) is 5.26. The Kier molecular flexibility index (Phi) is 4.33. The minimum atomic E-state index is -0.124. The van der Waals surface area contributed by atoms with E-state index in [2.05, 4.69) is 15.5 Å². The van der Waals surface area contributed by atoms with Crippen LogP contribution in [0.25, 0.3) is 0 Å². The second-order valence-corrected chi connectivity index (χ2v) is 5.48. The lowest BCUT2D eigenvalue weighted by molar-refractivity contribution is -0.121. The Bertz CT molecular complexity index is 776. The van der Waals surface area contributed by atoms with Gasteiger partial charge in [-0.05, 0) is 30.3 Å². The highest BCUT2D eigenvalue weighted by molar-refractivity contribution is 6.03. The molecule has 7 nitrogen and oxygen atoms in total. The Balaban J connectivity index is 1.96. The highest BCUT2D eigenvalue weighted by atomic mass is 16.5. The second-order valence-electron chi connectivity index (χ2n) is 5.48. The van der Waals surface area contributed by atoms with Crippen LogP contribution in [0.4, 0.5) is 11.4 Å². The third-order valence-electron chi connectivity index (χ3n) is 3.86. The number of carbonyl (C=O) groups excluding carboxylic acids is 1. The molecule has 0 fully saturated rings. The number of amidine groups is 1. The molecule has 2 aromatic rings. The van der Waals surface area contributed by atoms with E-state index in [1.165, 1.54) is 0 Å². The van der Waals surface area contributed by atoms with Crippen LogP contribution in [0.15, 0.2) is 47.8 Å². The van der Waals surface area contributed by atoms with E-state index in [1.807, 2.05) is 49.3 Å². The third-order valence-corrected chi connectivity index (χ3v) is 3.86. The predicted octanol–water partition coefficient (Wildman–Crippen LogP) is 1.58. The van der Waals surface area contributed by atoms with Crippen molar-refractivity contribution >= 4 is 23.1 Å². The minimum absolute atomic E-state index is 0.124. The molecule has 0 saturated heterocycles. The van der Waals surface area contributed by atoms with Crippen molar-refractivity contribution in [1.29, 1.82) is 0 Å². The van der Waals surface area contributed by atoms with Gasteiger partial charge in [-0.15, -0.1) is 0 Å². The lowest BCUT2D eigenvalue weighted by atomic mass is 10.1. The largest absolute Gasteiger partial charge is 0.495 e. The van der Waals surface area contributed by atoms with Gasteiger partial charge in [0.15, 0.2) is 5.84 Å². The van der Waals surface area contributed by atoms with Gasteiger partial charge in [0.1, 0.15) is 5.75 Å². The van der Waals surface area contributed by atoms with Gasteiger partial charge in [-0.2, -0.15) is 5.10 Å². The van der Waals surface area contributed by atoms with E-state index in [-0.39, 0.29) is 12.5 Å². The number of methoxy groups -OCH3 is 1. The first-order chi connectivity index (χ1) is 11.6. The summed E-state index contributed by atoms with van der Waals surface area (Å²) in [6.45, 7) is 0.276. The Hall–Kier alpha value is -3.09. The quantitative estimate of drug-likeness (QED) is 0.924. The number of ether oxygens (including phenoxy) is 1. The van der Waals surface area contributed by atoms with Gasteiger partial charge in [0.05, 0.1) is 31.2 Å². The molecule has 0 aliphatic carbocycles. The molecule has 2 heterocycles.